The first-order chi connectivity index (χ1) is 8.66. The second-order valence-corrected chi connectivity index (χ2v) is 3.69. The summed E-state index contributed by atoms with van der Waals surface area (Å²) in [5.74, 6) is -1.37. The Bertz CT molecular complexity index is 534. The molecule has 0 radical (unpaired) electrons. The Morgan fingerprint density at radius 1 is 1.33 bits per heavy atom. The van der Waals surface area contributed by atoms with Gasteiger partial charge >= 0.3 is 5.97 Å². The van der Waals surface area contributed by atoms with E-state index < -0.39 is 11.8 Å². The van der Waals surface area contributed by atoms with Gasteiger partial charge in [-0.05, 0) is 29.8 Å². The van der Waals surface area contributed by atoms with E-state index in [0.717, 1.165) is 6.07 Å². The van der Waals surface area contributed by atoms with Crippen LogP contribution in [-0.2, 0) is 18.0 Å². The van der Waals surface area contributed by atoms with Crippen LogP contribution in [0.5, 0.6) is 0 Å². The zero-order chi connectivity index (χ0) is 13.0. The molecule has 0 aliphatic heterocycles. The summed E-state index contributed by atoms with van der Waals surface area (Å²) in [7, 11) is 0. The van der Waals surface area contributed by atoms with Crippen molar-refractivity contribution in [3.05, 3.63) is 59.3 Å². The third-order valence-corrected chi connectivity index (χ3v) is 2.35. The lowest BCUT2D eigenvalue weighted by molar-refractivity contribution is 0.0690. The standard InChI is InChI=1S/C13H11FO4/c14-12-4-3-9(6-11(12)13(15)16)7-17-8-10-2-1-5-18-10/h1-6H,7-8H2,(H,15,16). The van der Waals surface area contributed by atoms with Crippen LogP contribution in [0.15, 0.2) is 41.0 Å². The quantitative estimate of drug-likeness (QED) is 0.886. The maximum absolute atomic E-state index is 13.1. The smallest absolute Gasteiger partial charge is 0.338 e. The molecule has 0 fully saturated rings. The van der Waals surface area contributed by atoms with Gasteiger partial charge in [-0.1, -0.05) is 6.07 Å². The van der Waals surface area contributed by atoms with E-state index in [2.05, 4.69) is 0 Å². The molecule has 0 unspecified atom stereocenters. The van der Waals surface area contributed by atoms with Gasteiger partial charge in [0.2, 0.25) is 0 Å². The van der Waals surface area contributed by atoms with Crippen LogP contribution in [0.1, 0.15) is 21.7 Å². The van der Waals surface area contributed by atoms with Crippen LogP contribution in [0.4, 0.5) is 4.39 Å². The first-order valence-electron chi connectivity index (χ1n) is 5.28. The van der Waals surface area contributed by atoms with Crippen LogP contribution in [0.3, 0.4) is 0 Å². The van der Waals surface area contributed by atoms with E-state index in [1.54, 1.807) is 18.4 Å². The van der Waals surface area contributed by atoms with Crippen molar-refractivity contribution >= 4 is 5.97 Å². The summed E-state index contributed by atoms with van der Waals surface area (Å²) in [5.41, 5.74) is 0.245. The number of furan rings is 1. The maximum Gasteiger partial charge on any atom is 0.338 e. The lowest BCUT2D eigenvalue weighted by Gasteiger charge is -2.04. The molecule has 1 N–H and O–H groups in total. The molecular formula is C13H11FO4. The Balaban J connectivity index is 1.97. The fourth-order valence-corrected chi connectivity index (χ4v) is 1.49. The average Bonchev–Trinajstić information content (AvgIpc) is 2.84. The molecule has 0 saturated heterocycles. The zero-order valence-corrected chi connectivity index (χ0v) is 9.43. The lowest BCUT2D eigenvalue weighted by Crippen LogP contribution is -2.02. The van der Waals surface area contributed by atoms with Gasteiger partial charge in [0, 0.05) is 0 Å². The minimum absolute atomic E-state index is 0.196. The number of carboxylic acids is 1. The van der Waals surface area contributed by atoms with Gasteiger partial charge in [-0.15, -0.1) is 0 Å². The average molecular weight is 250 g/mol. The molecule has 0 amide bonds. The number of hydrogen-bond acceptors (Lipinski definition) is 3. The van der Waals surface area contributed by atoms with Crippen LogP contribution in [-0.4, -0.2) is 11.1 Å². The van der Waals surface area contributed by atoms with Crippen LogP contribution < -0.4 is 0 Å². The lowest BCUT2D eigenvalue weighted by atomic mass is 10.1. The maximum atomic E-state index is 13.1. The molecule has 5 heteroatoms. The number of halogens is 1. The minimum atomic E-state index is -1.29. The fourth-order valence-electron chi connectivity index (χ4n) is 1.49. The normalized spacial score (nSPS) is 10.5. The molecule has 18 heavy (non-hydrogen) atoms. The molecule has 1 aromatic heterocycles. The monoisotopic (exact) mass is 250 g/mol. The van der Waals surface area contributed by atoms with Gasteiger partial charge in [-0.3, -0.25) is 0 Å². The third kappa shape index (κ3) is 2.95. The zero-order valence-electron chi connectivity index (χ0n) is 9.43. The summed E-state index contributed by atoms with van der Waals surface area (Å²) in [6, 6.07) is 7.39. The predicted molar refractivity (Wildman–Crippen MR) is 60.6 cm³/mol. The molecule has 0 spiro atoms. The predicted octanol–water partition coefficient (Wildman–Crippen LogP) is 2.83. The Morgan fingerprint density at radius 3 is 2.83 bits per heavy atom. The van der Waals surface area contributed by atoms with Crippen molar-refractivity contribution in [3.8, 4) is 0 Å². The van der Waals surface area contributed by atoms with Crippen molar-refractivity contribution in [2.45, 2.75) is 13.2 Å². The molecule has 2 rings (SSSR count). The first kappa shape index (κ1) is 12.3. The number of carbonyl (C=O) groups is 1. The second-order valence-electron chi connectivity index (χ2n) is 3.69. The summed E-state index contributed by atoms with van der Waals surface area (Å²) in [4.78, 5) is 10.7. The van der Waals surface area contributed by atoms with Crippen molar-refractivity contribution in [3.63, 3.8) is 0 Å². The Kier molecular flexibility index (Phi) is 3.74. The van der Waals surface area contributed by atoms with Crippen LogP contribution >= 0.6 is 0 Å². The summed E-state index contributed by atoms with van der Waals surface area (Å²) >= 11 is 0. The van der Waals surface area contributed by atoms with Crippen LogP contribution in [0.25, 0.3) is 0 Å². The first-order valence-corrected chi connectivity index (χ1v) is 5.28. The molecule has 4 nitrogen and oxygen atoms in total. The van der Waals surface area contributed by atoms with E-state index in [-0.39, 0.29) is 18.8 Å². The number of benzene rings is 1. The van der Waals surface area contributed by atoms with Gasteiger partial charge in [0.1, 0.15) is 18.2 Å². The molecule has 0 aliphatic rings. The molecule has 94 valence electrons. The van der Waals surface area contributed by atoms with Gasteiger partial charge < -0.3 is 14.3 Å². The highest BCUT2D eigenvalue weighted by Gasteiger charge is 2.10. The Hall–Kier alpha value is -2.14. The number of ether oxygens (including phenoxy) is 1. The molecular weight excluding hydrogens is 239 g/mol. The summed E-state index contributed by atoms with van der Waals surface area (Å²) in [6.07, 6.45) is 1.54. The number of aromatic carboxylic acids is 1. The molecule has 0 atom stereocenters. The molecule has 0 saturated carbocycles. The van der Waals surface area contributed by atoms with Gasteiger partial charge in [0.25, 0.3) is 0 Å². The van der Waals surface area contributed by atoms with Crippen LogP contribution in [0.2, 0.25) is 0 Å². The molecule has 0 bridgehead atoms. The van der Waals surface area contributed by atoms with Gasteiger partial charge in [0.15, 0.2) is 0 Å². The van der Waals surface area contributed by atoms with E-state index in [1.807, 2.05) is 0 Å². The highest BCUT2D eigenvalue weighted by molar-refractivity contribution is 5.88. The van der Waals surface area contributed by atoms with E-state index in [1.165, 1.54) is 12.1 Å². The molecule has 2 aromatic rings. The summed E-state index contributed by atoms with van der Waals surface area (Å²) in [6.45, 7) is 0.480. The highest BCUT2D eigenvalue weighted by atomic mass is 19.1. The van der Waals surface area contributed by atoms with Gasteiger partial charge in [-0.25, -0.2) is 9.18 Å². The summed E-state index contributed by atoms with van der Waals surface area (Å²) < 4.78 is 23.5. The van der Waals surface area contributed by atoms with E-state index in [4.69, 9.17) is 14.3 Å². The Morgan fingerprint density at radius 2 is 2.17 bits per heavy atom. The van der Waals surface area contributed by atoms with E-state index in [0.29, 0.717) is 11.3 Å². The number of hydrogen-bond donors (Lipinski definition) is 1. The minimum Gasteiger partial charge on any atom is -0.478 e. The van der Waals surface area contributed by atoms with Crippen molar-refractivity contribution < 1.29 is 23.4 Å². The Labute approximate surface area is 103 Å². The van der Waals surface area contributed by atoms with Gasteiger partial charge in [0.05, 0.1) is 18.4 Å². The number of carboxylic acid groups (broad SMARTS) is 1. The highest BCUT2D eigenvalue weighted by Crippen LogP contribution is 2.12. The van der Waals surface area contributed by atoms with Gasteiger partial charge in [-0.2, -0.15) is 0 Å². The molecule has 1 aromatic carbocycles. The largest absolute Gasteiger partial charge is 0.478 e. The van der Waals surface area contributed by atoms with Crippen molar-refractivity contribution in [2.24, 2.45) is 0 Å². The van der Waals surface area contributed by atoms with E-state index in [9.17, 15) is 9.18 Å². The van der Waals surface area contributed by atoms with Crippen molar-refractivity contribution in [1.29, 1.82) is 0 Å². The molecule has 1 heterocycles. The molecule has 0 aliphatic carbocycles. The number of rotatable bonds is 5. The fraction of sp³-hybridized carbons (Fsp3) is 0.154. The SMILES string of the molecule is O=C(O)c1cc(COCc2ccco2)ccc1F. The summed E-state index contributed by atoms with van der Waals surface area (Å²) in [5, 5.41) is 8.77. The topological polar surface area (TPSA) is 59.7 Å². The van der Waals surface area contributed by atoms with Crippen LogP contribution in [0, 0.1) is 5.82 Å². The van der Waals surface area contributed by atoms with Crippen molar-refractivity contribution in [2.75, 3.05) is 0 Å². The second kappa shape index (κ2) is 5.46. The third-order valence-electron chi connectivity index (χ3n) is 2.35. The van der Waals surface area contributed by atoms with E-state index >= 15 is 0 Å². The van der Waals surface area contributed by atoms with Crippen molar-refractivity contribution in [1.82, 2.24) is 0 Å².